The fourth-order valence-electron chi connectivity index (χ4n) is 0.739. The molecule has 1 aliphatic rings. The van der Waals surface area contributed by atoms with Crippen molar-refractivity contribution in [2.45, 2.75) is 4.33 Å². The van der Waals surface area contributed by atoms with Crippen LogP contribution in [-0.4, -0.2) is 22.0 Å². The number of ether oxygens (including phenoxy) is 1. The smallest absolute Gasteiger partial charge is 0.344 e. The molecule has 0 saturated carbocycles. The van der Waals surface area contributed by atoms with Crippen molar-refractivity contribution in [2.24, 2.45) is 0 Å². The lowest BCUT2D eigenvalue weighted by atomic mass is 10.1. The molecular formula is C7H6Cl2O3. The molecule has 1 rings (SSSR count). The molecule has 0 radical (unpaired) electrons. The molecule has 0 amide bonds. The van der Waals surface area contributed by atoms with Crippen molar-refractivity contribution in [3.8, 4) is 0 Å². The maximum atomic E-state index is 10.5. The molecule has 0 atom stereocenters. The van der Waals surface area contributed by atoms with Crippen LogP contribution in [0.2, 0.25) is 0 Å². The molecule has 5 heteroatoms. The summed E-state index contributed by atoms with van der Waals surface area (Å²) in [5.41, 5.74) is 0.324. The van der Waals surface area contributed by atoms with Gasteiger partial charge in [-0.25, -0.2) is 4.79 Å². The number of halogens is 2. The predicted octanol–water partition coefficient (Wildman–Crippen LogP) is 1.72. The first-order valence-electron chi connectivity index (χ1n) is 3.15. The van der Waals surface area contributed by atoms with Crippen LogP contribution in [-0.2, 0) is 9.53 Å². The van der Waals surface area contributed by atoms with Gasteiger partial charge in [0.25, 0.3) is 0 Å². The zero-order valence-corrected chi connectivity index (χ0v) is 7.47. The topological polar surface area (TPSA) is 46.5 Å². The molecule has 0 aliphatic carbocycles. The van der Waals surface area contributed by atoms with Crippen LogP contribution in [0.3, 0.4) is 0 Å². The summed E-state index contributed by atoms with van der Waals surface area (Å²) in [6.45, 7) is 0.292. The third-order valence-corrected chi connectivity index (χ3v) is 2.13. The molecule has 0 bridgehead atoms. The van der Waals surface area contributed by atoms with Crippen LogP contribution in [0.25, 0.3) is 0 Å². The summed E-state index contributed by atoms with van der Waals surface area (Å²) < 4.78 is 2.93. The monoisotopic (exact) mass is 208 g/mol. The molecule has 0 unspecified atom stereocenters. The van der Waals surface area contributed by atoms with Gasteiger partial charge in [0.15, 0.2) is 0 Å². The Labute approximate surface area is 79.2 Å². The minimum absolute atomic E-state index is 0.292. The Hall–Kier alpha value is -0.670. The highest BCUT2D eigenvalue weighted by atomic mass is 35.5. The largest absolute Gasteiger partial charge is 0.497 e. The van der Waals surface area contributed by atoms with Crippen LogP contribution in [0.15, 0.2) is 24.0 Å². The van der Waals surface area contributed by atoms with E-state index in [9.17, 15) is 4.79 Å². The lowest BCUT2D eigenvalue weighted by Gasteiger charge is -2.17. The SMILES string of the molecule is O=C(O)C(Cl)(Cl)C1=CCOC=C1. The first kappa shape index (κ1) is 9.42. The summed E-state index contributed by atoms with van der Waals surface area (Å²) >= 11 is 11.1. The summed E-state index contributed by atoms with van der Waals surface area (Å²) in [6.07, 6.45) is 4.31. The molecule has 12 heavy (non-hydrogen) atoms. The summed E-state index contributed by atoms with van der Waals surface area (Å²) in [5.74, 6) is -1.29. The molecule has 3 nitrogen and oxygen atoms in total. The highest BCUT2D eigenvalue weighted by Crippen LogP contribution is 2.32. The van der Waals surface area contributed by atoms with Crippen molar-refractivity contribution in [2.75, 3.05) is 6.61 Å². The second kappa shape index (κ2) is 3.37. The van der Waals surface area contributed by atoms with Crippen LogP contribution in [0.1, 0.15) is 0 Å². The maximum Gasteiger partial charge on any atom is 0.344 e. The van der Waals surface area contributed by atoms with E-state index in [1.165, 1.54) is 18.4 Å². The van der Waals surface area contributed by atoms with Crippen LogP contribution in [0.4, 0.5) is 0 Å². The molecule has 0 aromatic rings. The predicted molar refractivity (Wildman–Crippen MR) is 45.2 cm³/mol. The Morgan fingerprint density at radius 2 is 2.33 bits per heavy atom. The van der Waals surface area contributed by atoms with Gasteiger partial charge >= 0.3 is 5.97 Å². The second-order valence-corrected chi connectivity index (χ2v) is 3.50. The zero-order chi connectivity index (χ0) is 9.19. The number of carbonyl (C=O) groups is 1. The van der Waals surface area contributed by atoms with Gasteiger partial charge in [-0.15, -0.1) is 0 Å². The molecule has 0 aromatic heterocycles. The average molecular weight is 209 g/mol. The Morgan fingerprint density at radius 3 is 2.75 bits per heavy atom. The molecule has 66 valence electrons. The van der Waals surface area contributed by atoms with Crippen molar-refractivity contribution in [3.63, 3.8) is 0 Å². The van der Waals surface area contributed by atoms with Crippen LogP contribution < -0.4 is 0 Å². The van der Waals surface area contributed by atoms with E-state index in [1.807, 2.05) is 0 Å². The fourth-order valence-corrected chi connectivity index (χ4v) is 1.02. The standard InChI is InChI=1S/C7H6Cl2O3/c8-7(9,6(10)11)5-1-3-12-4-2-5/h1-3H,4H2,(H,10,11). The third kappa shape index (κ3) is 1.73. The van der Waals surface area contributed by atoms with Crippen molar-refractivity contribution in [3.05, 3.63) is 24.0 Å². The Balaban J connectivity index is 2.88. The van der Waals surface area contributed by atoms with E-state index in [2.05, 4.69) is 0 Å². The van der Waals surface area contributed by atoms with Gasteiger partial charge < -0.3 is 9.84 Å². The summed E-state index contributed by atoms with van der Waals surface area (Å²) in [4.78, 5) is 10.5. The molecule has 0 spiro atoms. The second-order valence-electron chi connectivity index (χ2n) is 2.18. The highest BCUT2D eigenvalue weighted by molar-refractivity contribution is 6.59. The number of alkyl halides is 2. The molecule has 1 aliphatic heterocycles. The van der Waals surface area contributed by atoms with E-state index < -0.39 is 10.3 Å². The third-order valence-electron chi connectivity index (χ3n) is 1.37. The van der Waals surface area contributed by atoms with Gasteiger partial charge in [-0.1, -0.05) is 23.2 Å². The van der Waals surface area contributed by atoms with Gasteiger partial charge in [0.1, 0.15) is 6.61 Å². The number of carboxylic acids is 1. The van der Waals surface area contributed by atoms with Gasteiger partial charge in [0.05, 0.1) is 6.26 Å². The molecular weight excluding hydrogens is 203 g/mol. The van der Waals surface area contributed by atoms with Crippen LogP contribution in [0.5, 0.6) is 0 Å². The molecule has 0 saturated heterocycles. The highest BCUT2D eigenvalue weighted by Gasteiger charge is 2.37. The Kier molecular flexibility index (Phi) is 2.65. The molecule has 0 aromatic carbocycles. The summed E-state index contributed by atoms with van der Waals surface area (Å²) in [6, 6.07) is 0. The summed E-state index contributed by atoms with van der Waals surface area (Å²) in [7, 11) is 0. The number of hydrogen-bond acceptors (Lipinski definition) is 2. The number of carboxylic acid groups (broad SMARTS) is 1. The minimum Gasteiger partial charge on any atom is -0.497 e. The van der Waals surface area contributed by atoms with Crippen molar-refractivity contribution in [1.82, 2.24) is 0 Å². The van der Waals surface area contributed by atoms with Crippen molar-refractivity contribution >= 4 is 29.2 Å². The van der Waals surface area contributed by atoms with Gasteiger partial charge in [-0.2, -0.15) is 0 Å². The van der Waals surface area contributed by atoms with E-state index in [0.29, 0.717) is 12.2 Å². The van der Waals surface area contributed by atoms with Gasteiger partial charge in [-0.05, 0) is 12.2 Å². The van der Waals surface area contributed by atoms with Gasteiger partial charge in [0.2, 0.25) is 4.33 Å². The maximum absolute atomic E-state index is 10.5. The zero-order valence-electron chi connectivity index (χ0n) is 5.96. The van der Waals surface area contributed by atoms with E-state index >= 15 is 0 Å². The van der Waals surface area contributed by atoms with Crippen LogP contribution in [0, 0.1) is 0 Å². The quantitative estimate of drug-likeness (QED) is 0.704. The van der Waals surface area contributed by atoms with Crippen molar-refractivity contribution < 1.29 is 14.6 Å². The number of aliphatic carboxylic acids is 1. The van der Waals surface area contributed by atoms with Gasteiger partial charge in [0, 0.05) is 5.57 Å². The minimum atomic E-state index is -1.87. The van der Waals surface area contributed by atoms with E-state index in [-0.39, 0.29) is 0 Å². The Bertz CT molecular complexity index is 255. The lowest BCUT2D eigenvalue weighted by molar-refractivity contribution is -0.136. The average Bonchev–Trinajstić information content (AvgIpc) is 2.06. The number of hydrogen-bond donors (Lipinski definition) is 1. The van der Waals surface area contributed by atoms with Crippen LogP contribution >= 0.6 is 23.2 Å². The Morgan fingerprint density at radius 1 is 1.67 bits per heavy atom. The number of allylic oxidation sites excluding steroid dienone is 1. The first-order valence-corrected chi connectivity index (χ1v) is 3.90. The summed E-state index contributed by atoms with van der Waals surface area (Å²) in [5, 5.41) is 8.61. The van der Waals surface area contributed by atoms with Crippen molar-refractivity contribution in [1.29, 1.82) is 0 Å². The first-order chi connectivity index (χ1) is 5.55. The van der Waals surface area contributed by atoms with E-state index in [4.69, 9.17) is 33.0 Å². The molecule has 1 heterocycles. The normalized spacial score (nSPS) is 16.7. The van der Waals surface area contributed by atoms with E-state index in [1.54, 1.807) is 0 Å². The van der Waals surface area contributed by atoms with Gasteiger partial charge in [-0.3, -0.25) is 0 Å². The molecule has 0 fully saturated rings. The fraction of sp³-hybridized carbons (Fsp3) is 0.286. The lowest BCUT2D eigenvalue weighted by Crippen LogP contribution is -2.28. The number of rotatable bonds is 2. The molecule has 1 N–H and O–H groups in total. The van der Waals surface area contributed by atoms with E-state index in [0.717, 1.165) is 0 Å².